The Morgan fingerprint density at radius 1 is 1.00 bits per heavy atom. The smallest absolute Gasteiger partial charge is 0.414 e. The monoisotopic (exact) mass is 500 g/mol. The summed E-state index contributed by atoms with van der Waals surface area (Å²) in [7, 11) is 0. The van der Waals surface area contributed by atoms with Gasteiger partial charge in [-0.05, 0) is 44.0 Å². The van der Waals surface area contributed by atoms with Crippen molar-refractivity contribution in [1.29, 1.82) is 0 Å². The number of piperidine rings is 1. The van der Waals surface area contributed by atoms with Crippen LogP contribution in [0.3, 0.4) is 0 Å². The third-order valence-corrected chi connectivity index (χ3v) is 7.82. The average Bonchev–Trinajstić information content (AvgIpc) is 3.10. The summed E-state index contributed by atoms with van der Waals surface area (Å²) in [4.78, 5) is 35.5. The highest BCUT2D eigenvalue weighted by Gasteiger charge is 2.52. The summed E-state index contributed by atoms with van der Waals surface area (Å²) in [6.45, 7) is 5.38. The molecule has 3 aliphatic heterocycles. The lowest BCUT2D eigenvalue weighted by atomic mass is 10.0. The SMILES string of the molecule is CC1SC2(CCN(CC3COc4ccccc4O3)CC2)N(c2ccccc2)C1=O.O=C(O)C(=O)O. The van der Waals surface area contributed by atoms with Gasteiger partial charge in [-0.15, -0.1) is 11.8 Å². The molecule has 3 heterocycles. The van der Waals surface area contributed by atoms with E-state index in [-0.39, 0.29) is 22.1 Å². The number of carbonyl (C=O) groups is 3. The van der Waals surface area contributed by atoms with Gasteiger partial charge in [-0.3, -0.25) is 14.6 Å². The molecule has 2 aromatic carbocycles. The fourth-order valence-electron chi connectivity index (χ4n) is 4.62. The first-order valence-corrected chi connectivity index (χ1v) is 12.3. The lowest BCUT2D eigenvalue weighted by Crippen LogP contribution is -2.54. The number of ether oxygens (including phenoxy) is 2. The van der Waals surface area contributed by atoms with Gasteiger partial charge in [0.1, 0.15) is 12.7 Å². The number of aliphatic carboxylic acids is 2. The van der Waals surface area contributed by atoms with Crippen LogP contribution in [0.5, 0.6) is 11.5 Å². The lowest BCUT2D eigenvalue weighted by molar-refractivity contribution is -0.159. The summed E-state index contributed by atoms with van der Waals surface area (Å²) in [6, 6.07) is 18.0. The molecule has 1 spiro atoms. The van der Waals surface area contributed by atoms with Gasteiger partial charge in [-0.25, -0.2) is 9.59 Å². The second kappa shape index (κ2) is 10.6. The molecule has 0 aliphatic carbocycles. The van der Waals surface area contributed by atoms with Crippen LogP contribution < -0.4 is 14.4 Å². The molecule has 10 heteroatoms. The molecule has 9 nitrogen and oxygen atoms in total. The molecule has 35 heavy (non-hydrogen) atoms. The van der Waals surface area contributed by atoms with Crippen molar-refractivity contribution >= 4 is 35.3 Å². The van der Waals surface area contributed by atoms with Crippen molar-refractivity contribution in [3.63, 3.8) is 0 Å². The molecular formula is C25H28N2O7S. The molecule has 2 unspecified atom stereocenters. The van der Waals surface area contributed by atoms with Crippen LogP contribution >= 0.6 is 11.8 Å². The summed E-state index contributed by atoms with van der Waals surface area (Å²) in [5, 5.41) is 14.8. The molecule has 2 atom stereocenters. The van der Waals surface area contributed by atoms with Crippen molar-refractivity contribution < 1.29 is 34.1 Å². The van der Waals surface area contributed by atoms with E-state index >= 15 is 0 Å². The number of hydrogen-bond donors (Lipinski definition) is 2. The first-order valence-electron chi connectivity index (χ1n) is 11.4. The fourth-order valence-corrected chi connectivity index (χ4v) is 6.21. The predicted molar refractivity (Wildman–Crippen MR) is 131 cm³/mol. The molecular weight excluding hydrogens is 472 g/mol. The van der Waals surface area contributed by atoms with E-state index in [4.69, 9.17) is 29.3 Å². The van der Waals surface area contributed by atoms with Crippen LogP contribution in [0.2, 0.25) is 0 Å². The molecule has 0 radical (unpaired) electrons. The standard InChI is InChI=1S/C23H26N2O3S.C2H2O4/c1-17-22(26)25(18-7-3-2-4-8-18)23(29-17)11-13-24(14-12-23)15-19-16-27-20-9-5-6-10-21(20)28-19;3-1(4)2(5)6/h2-10,17,19H,11-16H2,1H3;(H,3,4)(H,5,6). The number of para-hydroxylation sites is 3. The Kier molecular flexibility index (Phi) is 7.51. The van der Waals surface area contributed by atoms with Crippen molar-refractivity contribution in [2.45, 2.75) is 36.0 Å². The minimum absolute atomic E-state index is 0.00772. The van der Waals surface area contributed by atoms with Crippen LogP contribution in [0, 0.1) is 0 Å². The number of fused-ring (bicyclic) bond motifs is 1. The maximum atomic E-state index is 12.9. The third-order valence-electron chi connectivity index (χ3n) is 6.24. The molecule has 0 bridgehead atoms. The fraction of sp³-hybridized carbons (Fsp3) is 0.400. The minimum Gasteiger partial charge on any atom is -0.486 e. The number of likely N-dealkylation sites (tertiary alicyclic amines) is 1. The van der Waals surface area contributed by atoms with Crippen LogP contribution in [0.1, 0.15) is 19.8 Å². The Bertz CT molecular complexity index is 1060. The summed E-state index contributed by atoms with van der Waals surface area (Å²) >= 11 is 1.83. The minimum atomic E-state index is -1.82. The van der Waals surface area contributed by atoms with Crippen LogP contribution in [-0.4, -0.2) is 75.4 Å². The van der Waals surface area contributed by atoms with Gasteiger partial charge in [-0.2, -0.15) is 0 Å². The van der Waals surface area contributed by atoms with E-state index in [1.807, 2.05) is 61.2 Å². The van der Waals surface area contributed by atoms with E-state index in [2.05, 4.69) is 21.9 Å². The summed E-state index contributed by atoms with van der Waals surface area (Å²) < 4.78 is 12.0. The lowest BCUT2D eigenvalue weighted by Gasteiger charge is -2.44. The molecule has 5 rings (SSSR count). The number of rotatable bonds is 3. The zero-order chi connectivity index (χ0) is 25.0. The molecule has 2 saturated heterocycles. The number of carboxylic acids is 2. The van der Waals surface area contributed by atoms with E-state index < -0.39 is 11.9 Å². The summed E-state index contributed by atoms with van der Waals surface area (Å²) in [6.07, 6.45) is 1.97. The van der Waals surface area contributed by atoms with Gasteiger partial charge in [0.05, 0.1) is 10.1 Å². The highest BCUT2D eigenvalue weighted by molar-refractivity contribution is 8.02. The average molecular weight is 501 g/mol. The topological polar surface area (TPSA) is 117 Å². The van der Waals surface area contributed by atoms with Crippen LogP contribution in [0.4, 0.5) is 5.69 Å². The van der Waals surface area contributed by atoms with Gasteiger partial charge in [0.2, 0.25) is 5.91 Å². The Balaban J connectivity index is 0.000000431. The molecule has 0 aromatic heterocycles. The van der Waals surface area contributed by atoms with Gasteiger partial charge in [0, 0.05) is 25.3 Å². The van der Waals surface area contributed by atoms with Gasteiger partial charge < -0.3 is 19.7 Å². The number of amides is 1. The second-order valence-electron chi connectivity index (χ2n) is 8.62. The molecule has 2 aromatic rings. The highest BCUT2D eigenvalue weighted by atomic mass is 32.2. The predicted octanol–water partition coefficient (Wildman–Crippen LogP) is 2.94. The zero-order valence-corrected chi connectivity index (χ0v) is 20.1. The number of benzene rings is 2. The van der Waals surface area contributed by atoms with Crippen molar-refractivity contribution in [3.05, 3.63) is 54.6 Å². The van der Waals surface area contributed by atoms with E-state index in [0.717, 1.165) is 49.7 Å². The molecule has 3 aliphatic rings. The highest BCUT2D eigenvalue weighted by Crippen LogP contribution is 2.49. The van der Waals surface area contributed by atoms with Gasteiger partial charge >= 0.3 is 11.9 Å². The van der Waals surface area contributed by atoms with E-state index in [0.29, 0.717) is 6.61 Å². The first kappa shape index (κ1) is 24.9. The normalized spacial score (nSPS) is 22.9. The van der Waals surface area contributed by atoms with Crippen LogP contribution in [0.25, 0.3) is 0 Å². The van der Waals surface area contributed by atoms with Gasteiger partial charge in [-0.1, -0.05) is 30.3 Å². The third kappa shape index (κ3) is 5.54. The van der Waals surface area contributed by atoms with Gasteiger partial charge in [0.25, 0.3) is 0 Å². The molecule has 2 N–H and O–H groups in total. The molecule has 1 amide bonds. The van der Waals surface area contributed by atoms with E-state index in [1.54, 1.807) is 0 Å². The summed E-state index contributed by atoms with van der Waals surface area (Å²) in [5.41, 5.74) is 1.02. The molecule has 186 valence electrons. The van der Waals surface area contributed by atoms with Crippen molar-refractivity contribution in [3.8, 4) is 11.5 Å². The quantitative estimate of drug-likeness (QED) is 0.614. The Morgan fingerprint density at radius 3 is 2.23 bits per heavy atom. The number of nitrogens with zero attached hydrogens (tertiary/aromatic N) is 2. The van der Waals surface area contributed by atoms with Crippen molar-refractivity contribution in [2.75, 3.05) is 31.1 Å². The number of thioether (sulfide) groups is 1. The van der Waals surface area contributed by atoms with Crippen LogP contribution in [0.15, 0.2) is 54.6 Å². The zero-order valence-electron chi connectivity index (χ0n) is 19.3. The Labute approximate surface area is 207 Å². The maximum absolute atomic E-state index is 12.9. The maximum Gasteiger partial charge on any atom is 0.414 e. The van der Waals surface area contributed by atoms with Crippen molar-refractivity contribution in [2.24, 2.45) is 0 Å². The number of hydrogen-bond acceptors (Lipinski definition) is 7. The summed E-state index contributed by atoms with van der Waals surface area (Å²) in [5.74, 6) is -1.76. The Morgan fingerprint density at radius 2 is 1.60 bits per heavy atom. The van der Waals surface area contributed by atoms with Crippen LogP contribution in [-0.2, 0) is 14.4 Å². The largest absolute Gasteiger partial charge is 0.486 e. The van der Waals surface area contributed by atoms with E-state index in [1.165, 1.54) is 0 Å². The van der Waals surface area contributed by atoms with Crippen molar-refractivity contribution in [1.82, 2.24) is 4.90 Å². The Hall–Kier alpha value is -3.24. The number of carboxylic acid groups (broad SMARTS) is 2. The second-order valence-corrected chi connectivity index (χ2v) is 10.3. The molecule has 2 fully saturated rings. The molecule has 0 saturated carbocycles. The number of anilines is 1. The first-order chi connectivity index (χ1) is 16.8. The van der Waals surface area contributed by atoms with Gasteiger partial charge in [0.15, 0.2) is 11.5 Å². The number of carbonyl (C=O) groups excluding carboxylic acids is 1. The van der Waals surface area contributed by atoms with E-state index in [9.17, 15) is 4.79 Å².